The molecule has 0 spiro atoms. The molecule has 0 aromatic heterocycles. The summed E-state index contributed by atoms with van der Waals surface area (Å²) in [4.78, 5) is 12.8. The first kappa shape index (κ1) is 17.1. The molecule has 0 unspecified atom stereocenters. The van der Waals surface area contributed by atoms with Crippen molar-refractivity contribution in [1.82, 2.24) is 0 Å². The van der Waals surface area contributed by atoms with Crippen LogP contribution in [0.5, 0.6) is 0 Å². The fraction of sp³-hybridized carbons (Fsp3) is 0.111. The highest BCUT2D eigenvalue weighted by atomic mass is 32.2. The molecule has 1 amide bonds. The number of carbonyl (C=O) groups is 1. The Bertz CT molecular complexity index is 992. The third-order valence-electron chi connectivity index (χ3n) is 4.01. The predicted molar refractivity (Wildman–Crippen MR) is 97.4 cm³/mol. The first-order chi connectivity index (χ1) is 11.8. The van der Waals surface area contributed by atoms with Crippen molar-refractivity contribution in [2.45, 2.75) is 18.7 Å². The second-order valence-electron chi connectivity index (χ2n) is 5.71. The average Bonchev–Trinajstić information content (AvgIpc) is 2.89. The summed E-state index contributed by atoms with van der Waals surface area (Å²) in [5.74, 6) is -0.248. The summed E-state index contributed by atoms with van der Waals surface area (Å²) in [6, 6.07) is 15.3. The van der Waals surface area contributed by atoms with Crippen molar-refractivity contribution in [3.05, 3.63) is 65.7 Å². The number of nitrogens with two attached hydrogens (primary N) is 1. The summed E-state index contributed by atoms with van der Waals surface area (Å²) in [7, 11) is -3.78. The van der Waals surface area contributed by atoms with E-state index < -0.39 is 10.0 Å². The lowest BCUT2D eigenvalue weighted by Crippen LogP contribution is -2.22. The van der Waals surface area contributed by atoms with Crippen molar-refractivity contribution in [1.29, 1.82) is 0 Å². The Morgan fingerprint density at radius 1 is 1.04 bits per heavy atom. The topological polar surface area (TPSA) is 92.8 Å². The van der Waals surface area contributed by atoms with Crippen LogP contribution in [0.15, 0.2) is 70.2 Å². The van der Waals surface area contributed by atoms with Gasteiger partial charge in [0.1, 0.15) is 0 Å². The number of rotatable bonds is 3. The van der Waals surface area contributed by atoms with Gasteiger partial charge in [0.05, 0.1) is 21.9 Å². The van der Waals surface area contributed by atoms with Gasteiger partial charge >= 0.3 is 0 Å². The van der Waals surface area contributed by atoms with Crippen molar-refractivity contribution in [2.24, 2.45) is 10.2 Å². The smallest absolute Gasteiger partial charge is 0.267 e. The van der Waals surface area contributed by atoms with Crippen molar-refractivity contribution in [2.75, 3.05) is 5.01 Å². The molecule has 1 aliphatic rings. The largest absolute Gasteiger partial charge is 0.280 e. The van der Waals surface area contributed by atoms with E-state index >= 15 is 0 Å². The van der Waals surface area contributed by atoms with E-state index in [0.29, 0.717) is 17.0 Å². The molecule has 2 aromatic carbocycles. The van der Waals surface area contributed by atoms with Crippen molar-refractivity contribution in [3.63, 3.8) is 0 Å². The molecule has 3 rings (SSSR count). The van der Waals surface area contributed by atoms with E-state index in [1.165, 1.54) is 29.3 Å². The lowest BCUT2D eigenvalue weighted by Gasteiger charge is -2.13. The number of carbonyl (C=O) groups excluding carboxylic acids is 1. The maximum absolute atomic E-state index is 12.8. The lowest BCUT2D eigenvalue weighted by atomic mass is 9.98. The number of primary sulfonamides is 1. The number of hydrogen-bond donors (Lipinski definition) is 1. The zero-order valence-electron chi connectivity index (χ0n) is 13.8. The van der Waals surface area contributed by atoms with Gasteiger partial charge in [-0.2, -0.15) is 10.1 Å². The number of anilines is 1. The Hall–Kier alpha value is -2.77. The van der Waals surface area contributed by atoms with Gasteiger partial charge in [0.15, 0.2) is 0 Å². The molecule has 0 bridgehead atoms. The number of hydrogen-bond acceptors (Lipinski definition) is 4. The summed E-state index contributed by atoms with van der Waals surface area (Å²) in [6.07, 6.45) is 0. The molecule has 6 nitrogen and oxygen atoms in total. The Kier molecular flexibility index (Phi) is 4.28. The summed E-state index contributed by atoms with van der Waals surface area (Å²) in [5.41, 5.74) is 3.43. The Morgan fingerprint density at radius 2 is 1.64 bits per heavy atom. The third-order valence-corrected chi connectivity index (χ3v) is 4.94. The minimum atomic E-state index is -3.78. The van der Waals surface area contributed by atoms with E-state index in [9.17, 15) is 13.2 Å². The minimum absolute atomic E-state index is 0.0140. The van der Waals surface area contributed by atoms with Gasteiger partial charge in [-0.3, -0.25) is 4.79 Å². The van der Waals surface area contributed by atoms with Gasteiger partial charge in [-0.05, 0) is 49.2 Å². The molecule has 0 radical (unpaired) electrons. The van der Waals surface area contributed by atoms with Crippen LogP contribution in [-0.2, 0) is 14.8 Å². The molecule has 25 heavy (non-hydrogen) atoms. The van der Waals surface area contributed by atoms with E-state index in [1.54, 1.807) is 6.92 Å². The molecular formula is C18H17N3O3S. The van der Waals surface area contributed by atoms with E-state index in [1.807, 2.05) is 37.3 Å². The fourth-order valence-corrected chi connectivity index (χ4v) is 3.24. The van der Waals surface area contributed by atoms with E-state index in [2.05, 4.69) is 5.10 Å². The molecule has 0 saturated heterocycles. The van der Waals surface area contributed by atoms with Crippen molar-refractivity contribution >= 4 is 32.9 Å². The van der Waals surface area contributed by atoms with Crippen molar-refractivity contribution in [3.8, 4) is 0 Å². The maximum Gasteiger partial charge on any atom is 0.280 e. The fourth-order valence-electron chi connectivity index (χ4n) is 2.72. The predicted octanol–water partition coefficient (Wildman–Crippen LogP) is 2.53. The van der Waals surface area contributed by atoms with Crippen molar-refractivity contribution < 1.29 is 13.2 Å². The SMILES string of the molecule is CC1=NN(c2ccc(S(N)(=O)=O)cc2)C(=O)/C1=C(\C)c1ccccc1. The van der Waals surface area contributed by atoms with Crippen LogP contribution < -0.4 is 10.1 Å². The highest BCUT2D eigenvalue weighted by molar-refractivity contribution is 7.89. The molecule has 1 heterocycles. The van der Waals surface area contributed by atoms with Gasteiger partial charge in [0.2, 0.25) is 10.0 Å². The van der Waals surface area contributed by atoms with Crippen LogP contribution in [0.2, 0.25) is 0 Å². The third kappa shape index (κ3) is 3.24. The highest BCUT2D eigenvalue weighted by Crippen LogP contribution is 2.29. The summed E-state index contributed by atoms with van der Waals surface area (Å²) >= 11 is 0. The highest BCUT2D eigenvalue weighted by Gasteiger charge is 2.30. The van der Waals surface area contributed by atoms with Crippen LogP contribution in [0.4, 0.5) is 5.69 Å². The molecule has 7 heteroatoms. The molecule has 128 valence electrons. The van der Waals surface area contributed by atoms with Crippen LogP contribution in [-0.4, -0.2) is 20.0 Å². The number of amides is 1. The lowest BCUT2D eigenvalue weighted by molar-refractivity contribution is -0.114. The zero-order valence-corrected chi connectivity index (χ0v) is 14.6. The maximum atomic E-state index is 12.8. The van der Waals surface area contributed by atoms with Crippen LogP contribution in [0.1, 0.15) is 19.4 Å². The van der Waals surface area contributed by atoms with E-state index in [0.717, 1.165) is 11.1 Å². The summed E-state index contributed by atoms with van der Waals surface area (Å²) in [6.45, 7) is 3.66. The molecule has 2 N–H and O–H groups in total. The van der Waals surface area contributed by atoms with Crippen LogP contribution in [0.25, 0.3) is 5.57 Å². The quantitative estimate of drug-likeness (QED) is 0.858. The summed E-state index contributed by atoms with van der Waals surface area (Å²) < 4.78 is 22.7. The molecule has 1 aliphatic heterocycles. The Morgan fingerprint density at radius 3 is 2.20 bits per heavy atom. The van der Waals surface area contributed by atoms with Crippen LogP contribution in [0.3, 0.4) is 0 Å². The second kappa shape index (κ2) is 6.27. The first-order valence-electron chi connectivity index (χ1n) is 7.58. The van der Waals surface area contributed by atoms with Gasteiger partial charge in [0.25, 0.3) is 5.91 Å². The van der Waals surface area contributed by atoms with Gasteiger partial charge in [-0.1, -0.05) is 30.3 Å². The first-order valence-corrected chi connectivity index (χ1v) is 9.13. The monoisotopic (exact) mass is 355 g/mol. The van der Waals surface area contributed by atoms with Gasteiger partial charge < -0.3 is 0 Å². The Balaban J connectivity index is 1.98. The van der Waals surface area contributed by atoms with Crippen LogP contribution >= 0.6 is 0 Å². The van der Waals surface area contributed by atoms with E-state index in [-0.39, 0.29) is 10.8 Å². The number of nitrogens with zero attached hydrogens (tertiary/aromatic N) is 2. The molecular weight excluding hydrogens is 338 g/mol. The van der Waals surface area contributed by atoms with Gasteiger partial charge in [0, 0.05) is 0 Å². The normalized spacial score (nSPS) is 16.8. The Labute approximate surface area is 146 Å². The molecule has 0 fully saturated rings. The molecule has 0 saturated carbocycles. The minimum Gasteiger partial charge on any atom is -0.267 e. The summed E-state index contributed by atoms with van der Waals surface area (Å²) in [5, 5.41) is 10.7. The molecule has 2 aromatic rings. The van der Waals surface area contributed by atoms with Gasteiger partial charge in [-0.25, -0.2) is 13.6 Å². The molecule has 0 aliphatic carbocycles. The van der Waals surface area contributed by atoms with E-state index in [4.69, 9.17) is 5.14 Å². The second-order valence-corrected chi connectivity index (χ2v) is 7.27. The number of hydrazone groups is 1. The average molecular weight is 355 g/mol. The number of sulfonamides is 1. The number of benzene rings is 2. The zero-order chi connectivity index (χ0) is 18.2. The van der Waals surface area contributed by atoms with Crippen LogP contribution in [0, 0.1) is 0 Å². The molecule has 0 atom stereocenters. The standard InChI is InChI=1S/C18H17N3O3S/c1-12(14-6-4-3-5-7-14)17-13(2)20-21(18(17)22)15-8-10-16(11-9-15)25(19,23)24/h3-11H,1-2H3,(H2,19,23,24)/b17-12+. The number of allylic oxidation sites excluding steroid dienone is 1. The van der Waals surface area contributed by atoms with Gasteiger partial charge in [-0.15, -0.1) is 0 Å².